The van der Waals surface area contributed by atoms with Gasteiger partial charge in [-0.2, -0.15) is 0 Å². The molecule has 1 aliphatic rings. The van der Waals surface area contributed by atoms with Gasteiger partial charge in [-0.1, -0.05) is 96.1 Å². The van der Waals surface area contributed by atoms with E-state index in [2.05, 4.69) is 98.8 Å². The summed E-state index contributed by atoms with van der Waals surface area (Å²) in [5.41, 5.74) is 6.98. The van der Waals surface area contributed by atoms with Crippen LogP contribution in [0.1, 0.15) is 33.4 Å². The van der Waals surface area contributed by atoms with Crippen molar-refractivity contribution >= 4 is 0 Å². The molecule has 0 unspecified atom stereocenters. The average Bonchev–Trinajstić information content (AvgIpc) is 2.73. The maximum Gasteiger partial charge on any atom is 0.132 e. The van der Waals surface area contributed by atoms with E-state index >= 15 is 0 Å². The second-order valence-corrected chi connectivity index (χ2v) is 7.58. The van der Waals surface area contributed by atoms with E-state index in [0.29, 0.717) is 0 Å². The summed E-state index contributed by atoms with van der Waals surface area (Å²) >= 11 is 0. The average molecular weight is 362 g/mol. The number of hydrogen-bond donors (Lipinski definition) is 0. The first kappa shape index (κ1) is 16.8. The van der Waals surface area contributed by atoms with Gasteiger partial charge >= 0.3 is 0 Å². The van der Waals surface area contributed by atoms with Crippen molar-refractivity contribution in [3.63, 3.8) is 0 Å². The second-order valence-electron chi connectivity index (χ2n) is 7.58. The molecular weight excluding hydrogens is 340 g/mol. The predicted octanol–water partition coefficient (Wildman–Crippen LogP) is 6.79. The fourth-order valence-corrected chi connectivity index (χ4v) is 4.39. The van der Waals surface area contributed by atoms with Crippen LogP contribution in [-0.2, 0) is 5.41 Å². The third-order valence-corrected chi connectivity index (χ3v) is 5.77. The number of benzene rings is 4. The summed E-state index contributed by atoms with van der Waals surface area (Å²) in [6.07, 6.45) is 0. The summed E-state index contributed by atoms with van der Waals surface area (Å²) in [6, 6.07) is 34.7. The van der Waals surface area contributed by atoms with Crippen molar-refractivity contribution in [2.75, 3.05) is 0 Å². The highest BCUT2D eigenvalue weighted by Crippen LogP contribution is 2.55. The van der Waals surface area contributed by atoms with E-state index in [9.17, 15) is 0 Å². The van der Waals surface area contributed by atoms with Crippen LogP contribution in [0.2, 0.25) is 0 Å². The third kappa shape index (κ3) is 2.40. The van der Waals surface area contributed by atoms with Crippen LogP contribution >= 0.6 is 0 Å². The summed E-state index contributed by atoms with van der Waals surface area (Å²) in [5.74, 6) is 1.84. The number of hydrogen-bond acceptors (Lipinski definition) is 1. The lowest BCUT2D eigenvalue weighted by Gasteiger charge is -2.41. The minimum absolute atomic E-state index is 0.410. The molecule has 1 heterocycles. The maximum atomic E-state index is 6.32. The van der Waals surface area contributed by atoms with Crippen LogP contribution in [0.15, 0.2) is 97.1 Å². The number of rotatable bonds is 2. The van der Waals surface area contributed by atoms with Crippen molar-refractivity contribution in [1.82, 2.24) is 0 Å². The molecule has 0 aromatic heterocycles. The van der Waals surface area contributed by atoms with Crippen molar-refractivity contribution in [2.24, 2.45) is 0 Å². The fraction of sp³-hybridized carbons (Fsp3) is 0.111. The first-order valence-electron chi connectivity index (χ1n) is 9.71. The first-order valence-corrected chi connectivity index (χ1v) is 9.71. The fourth-order valence-electron chi connectivity index (χ4n) is 4.39. The Bertz CT molecular complexity index is 1040. The molecule has 0 radical (unpaired) electrons. The van der Waals surface area contributed by atoms with E-state index in [0.717, 1.165) is 11.5 Å². The largest absolute Gasteiger partial charge is 0.457 e. The lowest BCUT2D eigenvalue weighted by Crippen LogP contribution is -2.34. The summed E-state index contributed by atoms with van der Waals surface area (Å²) in [4.78, 5) is 0. The van der Waals surface area contributed by atoms with E-state index in [1.165, 1.54) is 33.4 Å². The minimum atomic E-state index is -0.410. The molecule has 1 aliphatic heterocycles. The molecule has 0 saturated carbocycles. The SMILES string of the molecule is Cc1ccc(C2(c3ccc(C)cc3)c3ccccc3Oc3ccccc32)cc1. The molecule has 4 aromatic carbocycles. The molecule has 0 atom stereocenters. The zero-order valence-electron chi connectivity index (χ0n) is 16.1. The Labute approximate surface area is 166 Å². The smallest absolute Gasteiger partial charge is 0.132 e. The Kier molecular flexibility index (Phi) is 3.84. The maximum absolute atomic E-state index is 6.32. The van der Waals surface area contributed by atoms with Gasteiger partial charge in [-0.25, -0.2) is 0 Å². The molecule has 0 aliphatic carbocycles. The van der Waals surface area contributed by atoms with Crippen LogP contribution in [0.25, 0.3) is 0 Å². The summed E-state index contributed by atoms with van der Waals surface area (Å²) in [6.45, 7) is 4.27. The van der Waals surface area contributed by atoms with Gasteiger partial charge in [-0.05, 0) is 37.1 Å². The highest BCUT2D eigenvalue weighted by molar-refractivity contribution is 5.69. The highest BCUT2D eigenvalue weighted by atomic mass is 16.5. The number of fused-ring (bicyclic) bond motifs is 2. The van der Waals surface area contributed by atoms with E-state index in [4.69, 9.17) is 4.74 Å². The molecule has 4 aromatic rings. The molecular formula is C27H22O. The minimum Gasteiger partial charge on any atom is -0.457 e. The summed E-state index contributed by atoms with van der Waals surface area (Å²) in [5, 5.41) is 0. The topological polar surface area (TPSA) is 9.23 Å². The van der Waals surface area contributed by atoms with Crippen molar-refractivity contribution in [3.05, 3.63) is 130 Å². The summed E-state index contributed by atoms with van der Waals surface area (Å²) in [7, 11) is 0. The Morgan fingerprint density at radius 3 is 1.32 bits per heavy atom. The van der Waals surface area contributed by atoms with Crippen LogP contribution in [0, 0.1) is 13.8 Å². The van der Waals surface area contributed by atoms with Gasteiger partial charge < -0.3 is 4.74 Å². The van der Waals surface area contributed by atoms with Crippen LogP contribution in [0.3, 0.4) is 0 Å². The molecule has 1 nitrogen and oxygen atoms in total. The number of aryl methyl sites for hydroxylation is 2. The van der Waals surface area contributed by atoms with Gasteiger partial charge in [0, 0.05) is 11.1 Å². The standard InChI is InChI=1S/C27H22O/c1-19-11-15-21(16-12-19)27(22-17-13-20(2)14-18-22)23-7-3-5-9-25(23)28-26-10-6-4-8-24(26)27/h3-18H,1-2H3. The van der Waals surface area contributed by atoms with Gasteiger partial charge in [0.25, 0.3) is 0 Å². The molecule has 136 valence electrons. The molecule has 28 heavy (non-hydrogen) atoms. The van der Waals surface area contributed by atoms with Crippen LogP contribution < -0.4 is 4.74 Å². The molecule has 5 rings (SSSR count). The second kappa shape index (κ2) is 6.38. The van der Waals surface area contributed by atoms with Gasteiger partial charge in [0.2, 0.25) is 0 Å². The predicted molar refractivity (Wildman–Crippen MR) is 114 cm³/mol. The van der Waals surface area contributed by atoms with Crippen molar-refractivity contribution < 1.29 is 4.74 Å². The van der Waals surface area contributed by atoms with Crippen molar-refractivity contribution in [3.8, 4) is 11.5 Å². The van der Waals surface area contributed by atoms with E-state index in [-0.39, 0.29) is 0 Å². The van der Waals surface area contributed by atoms with Gasteiger partial charge in [0.1, 0.15) is 11.5 Å². The van der Waals surface area contributed by atoms with E-state index < -0.39 is 5.41 Å². The van der Waals surface area contributed by atoms with Gasteiger partial charge in [-0.3, -0.25) is 0 Å². The van der Waals surface area contributed by atoms with Gasteiger partial charge in [0.05, 0.1) is 5.41 Å². The number of ether oxygens (including phenoxy) is 1. The molecule has 0 amide bonds. The lowest BCUT2D eigenvalue weighted by molar-refractivity contribution is 0.434. The van der Waals surface area contributed by atoms with Crippen LogP contribution in [0.5, 0.6) is 11.5 Å². The Morgan fingerprint density at radius 1 is 0.500 bits per heavy atom. The highest BCUT2D eigenvalue weighted by Gasteiger charge is 2.44. The van der Waals surface area contributed by atoms with E-state index in [1.807, 2.05) is 12.1 Å². The normalized spacial score (nSPS) is 13.9. The Balaban J connectivity index is 1.94. The zero-order chi connectivity index (χ0) is 19.1. The molecule has 0 saturated heterocycles. The number of para-hydroxylation sites is 2. The molecule has 0 bridgehead atoms. The zero-order valence-corrected chi connectivity index (χ0v) is 16.1. The Hall–Kier alpha value is -3.32. The van der Waals surface area contributed by atoms with Gasteiger partial charge in [-0.15, -0.1) is 0 Å². The molecule has 0 fully saturated rings. The van der Waals surface area contributed by atoms with Crippen molar-refractivity contribution in [2.45, 2.75) is 19.3 Å². The Morgan fingerprint density at radius 2 is 0.893 bits per heavy atom. The third-order valence-electron chi connectivity index (χ3n) is 5.77. The van der Waals surface area contributed by atoms with Crippen LogP contribution in [0.4, 0.5) is 0 Å². The van der Waals surface area contributed by atoms with Gasteiger partial charge in [0.15, 0.2) is 0 Å². The van der Waals surface area contributed by atoms with E-state index in [1.54, 1.807) is 0 Å². The molecule has 0 N–H and O–H groups in total. The molecule has 0 spiro atoms. The first-order chi connectivity index (χ1) is 13.7. The monoisotopic (exact) mass is 362 g/mol. The van der Waals surface area contributed by atoms with Crippen LogP contribution in [-0.4, -0.2) is 0 Å². The lowest BCUT2D eigenvalue weighted by atomic mass is 9.63. The summed E-state index contributed by atoms with van der Waals surface area (Å²) < 4.78 is 6.32. The quantitative estimate of drug-likeness (QED) is 0.336. The van der Waals surface area contributed by atoms with Crippen molar-refractivity contribution in [1.29, 1.82) is 0 Å². The molecule has 1 heteroatoms.